The Kier molecular flexibility index (Phi) is 3.87. The fourth-order valence-corrected chi connectivity index (χ4v) is 10.3. The lowest BCUT2D eigenvalue weighted by Crippen LogP contribution is -2.21. The van der Waals surface area contributed by atoms with Crippen molar-refractivity contribution in [3.05, 3.63) is 166 Å². The van der Waals surface area contributed by atoms with Crippen molar-refractivity contribution in [2.45, 2.75) is 18.8 Å². The van der Waals surface area contributed by atoms with E-state index in [4.69, 9.17) is 0 Å². The van der Waals surface area contributed by atoms with E-state index in [0.29, 0.717) is 0 Å². The van der Waals surface area contributed by atoms with Gasteiger partial charge in [-0.2, -0.15) is 0 Å². The summed E-state index contributed by atoms with van der Waals surface area (Å²) in [6, 6.07) is 48.7. The lowest BCUT2D eigenvalue weighted by molar-refractivity contribution is 0.884. The Morgan fingerprint density at radius 1 is 0.426 bits per heavy atom. The van der Waals surface area contributed by atoms with Gasteiger partial charge in [0.2, 0.25) is 0 Å². The molecule has 9 aromatic rings. The third-order valence-electron chi connectivity index (χ3n) is 12.0. The van der Waals surface area contributed by atoms with Crippen molar-refractivity contribution in [2.24, 2.45) is 0 Å². The van der Waals surface area contributed by atoms with Crippen LogP contribution in [-0.4, -0.2) is 9.13 Å². The van der Waals surface area contributed by atoms with Crippen LogP contribution in [0.4, 0.5) is 0 Å². The minimum absolute atomic E-state index is 0.178. The molecule has 13 rings (SSSR count). The fraction of sp³-hybridized carbons (Fsp3) is 0.0667. The molecule has 2 heteroatoms. The molecule has 47 heavy (non-hydrogen) atoms. The molecule has 2 nitrogen and oxygen atoms in total. The maximum atomic E-state index is 2.60. The Hall–Kier alpha value is -5.86. The molecular formula is C45H26N2. The first-order chi connectivity index (χ1) is 23.3. The van der Waals surface area contributed by atoms with Gasteiger partial charge in [0.25, 0.3) is 0 Å². The Balaban J connectivity index is 1.17. The molecule has 2 aliphatic carbocycles. The molecule has 0 radical (unpaired) electrons. The second-order valence-corrected chi connectivity index (χ2v) is 13.9. The van der Waals surface area contributed by atoms with Crippen molar-refractivity contribution >= 4 is 43.6 Å². The molecule has 0 bridgehead atoms. The van der Waals surface area contributed by atoms with Crippen LogP contribution < -0.4 is 0 Å². The smallest absolute Gasteiger partial charge is 0.0583 e. The summed E-state index contributed by atoms with van der Waals surface area (Å²) >= 11 is 0. The molecule has 2 aromatic heterocycles. The van der Waals surface area contributed by atoms with Crippen LogP contribution in [0.25, 0.3) is 77.2 Å². The van der Waals surface area contributed by atoms with Crippen LogP contribution in [0.1, 0.15) is 44.9 Å². The summed E-state index contributed by atoms with van der Waals surface area (Å²) < 4.78 is 5.20. The molecule has 0 fully saturated rings. The quantitative estimate of drug-likeness (QED) is 0.165. The predicted molar refractivity (Wildman–Crippen MR) is 193 cm³/mol. The summed E-state index contributed by atoms with van der Waals surface area (Å²) in [6.45, 7) is 0. The molecule has 216 valence electrons. The highest BCUT2D eigenvalue weighted by molar-refractivity contribution is 6.18. The zero-order chi connectivity index (χ0) is 30.1. The van der Waals surface area contributed by atoms with Gasteiger partial charge in [-0.05, 0) is 92.7 Å². The second-order valence-electron chi connectivity index (χ2n) is 13.9. The summed E-state index contributed by atoms with van der Waals surface area (Å²) in [5.41, 5.74) is 23.7. The van der Waals surface area contributed by atoms with E-state index in [-0.39, 0.29) is 5.92 Å². The van der Waals surface area contributed by atoms with Gasteiger partial charge >= 0.3 is 0 Å². The topological polar surface area (TPSA) is 9.86 Å². The number of aromatic nitrogens is 2. The molecule has 2 aliphatic heterocycles. The average molecular weight is 595 g/mol. The zero-order valence-corrected chi connectivity index (χ0v) is 25.5. The molecule has 0 saturated carbocycles. The van der Waals surface area contributed by atoms with Crippen molar-refractivity contribution in [1.82, 2.24) is 9.13 Å². The highest BCUT2D eigenvalue weighted by atomic mass is 15.0. The van der Waals surface area contributed by atoms with Gasteiger partial charge in [0.15, 0.2) is 0 Å². The van der Waals surface area contributed by atoms with Crippen LogP contribution in [0, 0.1) is 0 Å². The van der Waals surface area contributed by atoms with Gasteiger partial charge in [0, 0.05) is 33.0 Å². The van der Waals surface area contributed by atoms with E-state index in [1.54, 1.807) is 0 Å². The molecule has 0 saturated heterocycles. The minimum atomic E-state index is 0.178. The maximum absolute atomic E-state index is 2.60. The lowest BCUT2D eigenvalue weighted by Gasteiger charge is -2.35. The van der Waals surface area contributed by atoms with Gasteiger partial charge in [0.05, 0.1) is 33.4 Å². The van der Waals surface area contributed by atoms with E-state index in [9.17, 15) is 0 Å². The van der Waals surface area contributed by atoms with Gasteiger partial charge in [-0.3, -0.25) is 0 Å². The van der Waals surface area contributed by atoms with E-state index >= 15 is 0 Å². The van der Waals surface area contributed by atoms with E-state index in [0.717, 1.165) is 12.8 Å². The van der Waals surface area contributed by atoms with Crippen LogP contribution in [-0.2, 0) is 12.8 Å². The van der Waals surface area contributed by atoms with E-state index in [2.05, 4.69) is 137 Å². The first-order valence-corrected chi connectivity index (χ1v) is 16.8. The lowest BCUT2D eigenvalue weighted by atomic mass is 9.78. The van der Waals surface area contributed by atoms with Gasteiger partial charge in [-0.15, -0.1) is 0 Å². The maximum Gasteiger partial charge on any atom is 0.0583 e. The van der Waals surface area contributed by atoms with Gasteiger partial charge < -0.3 is 9.13 Å². The fourth-order valence-electron chi connectivity index (χ4n) is 10.3. The van der Waals surface area contributed by atoms with Gasteiger partial charge in [-0.1, -0.05) is 103 Å². The van der Waals surface area contributed by atoms with Crippen molar-refractivity contribution in [2.75, 3.05) is 0 Å². The standard InChI is InChI=1S/C45H26N2/c1-3-10-26-24(8-1)22-34-28(26)18-20-38-40(34)30-12-5-14-32-42-33-15-6-13-31-41-35-23-25-9-2-4-11-27(25)29(35)19-21-39(41)47(45(31)33)37-17-7-16-36(43(37)42)46(38)44(30)32/h1-21,42H,22-23H2. The van der Waals surface area contributed by atoms with E-state index < -0.39 is 0 Å². The zero-order valence-electron chi connectivity index (χ0n) is 25.5. The molecular weight excluding hydrogens is 569 g/mol. The highest BCUT2D eigenvalue weighted by Crippen LogP contribution is 2.56. The van der Waals surface area contributed by atoms with Crippen molar-refractivity contribution < 1.29 is 0 Å². The molecule has 0 amide bonds. The molecule has 4 heterocycles. The molecule has 0 spiro atoms. The van der Waals surface area contributed by atoms with Crippen LogP contribution >= 0.6 is 0 Å². The minimum Gasteiger partial charge on any atom is -0.309 e. The Bertz CT molecular complexity index is 2770. The highest BCUT2D eigenvalue weighted by Gasteiger charge is 2.39. The molecule has 0 atom stereocenters. The van der Waals surface area contributed by atoms with E-state index in [1.807, 2.05) is 0 Å². The van der Waals surface area contributed by atoms with Crippen LogP contribution in [0.3, 0.4) is 0 Å². The first kappa shape index (κ1) is 23.5. The predicted octanol–water partition coefficient (Wildman–Crippen LogP) is 10.8. The Morgan fingerprint density at radius 2 is 0.915 bits per heavy atom. The van der Waals surface area contributed by atoms with Crippen molar-refractivity contribution in [3.63, 3.8) is 0 Å². The second kappa shape index (κ2) is 7.74. The SMILES string of the molecule is c1ccc2c(c1)Cc1c-2ccc2c1c1cccc3c1n2-c1cccc2c1C3c1cccc3c4c5c(ccc4n-2c13)-c1ccccc1C5. The van der Waals surface area contributed by atoms with Gasteiger partial charge in [-0.25, -0.2) is 0 Å². The molecule has 7 aromatic carbocycles. The van der Waals surface area contributed by atoms with Crippen LogP contribution in [0.5, 0.6) is 0 Å². The normalized spacial score (nSPS) is 14.6. The molecule has 0 unspecified atom stereocenters. The number of fused-ring (bicyclic) bond motifs is 18. The number of para-hydroxylation sites is 2. The first-order valence-electron chi connectivity index (χ1n) is 16.8. The third kappa shape index (κ3) is 2.52. The Morgan fingerprint density at radius 3 is 1.45 bits per heavy atom. The number of nitrogens with zero attached hydrogens (tertiary/aromatic N) is 2. The summed E-state index contributed by atoms with van der Waals surface area (Å²) in [7, 11) is 0. The largest absolute Gasteiger partial charge is 0.309 e. The number of hydrogen-bond donors (Lipinski definition) is 0. The molecule has 0 N–H and O–H groups in total. The third-order valence-corrected chi connectivity index (χ3v) is 12.0. The monoisotopic (exact) mass is 594 g/mol. The Labute approximate surface area is 270 Å². The number of benzene rings is 7. The summed E-state index contributed by atoms with van der Waals surface area (Å²) in [6.07, 6.45) is 1.99. The average Bonchev–Trinajstić information content (AvgIpc) is 3.86. The number of hydrogen-bond acceptors (Lipinski definition) is 0. The summed E-state index contributed by atoms with van der Waals surface area (Å²) in [5.74, 6) is 0.178. The number of rotatable bonds is 0. The van der Waals surface area contributed by atoms with Crippen molar-refractivity contribution in [1.29, 1.82) is 0 Å². The molecule has 4 aliphatic rings. The summed E-state index contributed by atoms with van der Waals surface area (Å²) in [4.78, 5) is 0. The summed E-state index contributed by atoms with van der Waals surface area (Å²) in [5, 5.41) is 5.61. The van der Waals surface area contributed by atoms with E-state index in [1.165, 1.54) is 116 Å². The van der Waals surface area contributed by atoms with Crippen molar-refractivity contribution in [3.8, 4) is 33.6 Å². The van der Waals surface area contributed by atoms with Crippen LogP contribution in [0.2, 0.25) is 0 Å². The van der Waals surface area contributed by atoms with Crippen LogP contribution in [0.15, 0.2) is 127 Å². The van der Waals surface area contributed by atoms with Gasteiger partial charge in [0.1, 0.15) is 0 Å².